The molecule has 0 aromatic carbocycles. The minimum absolute atomic E-state index is 0.0192. The van der Waals surface area contributed by atoms with Crippen molar-refractivity contribution in [2.75, 3.05) is 6.61 Å². The van der Waals surface area contributed by atoms with Crippen molar-refractivity contribution in [3.63, 3.8) is 0 Å². The summed E-state index contributed by atoms with van der Waals surface area (Å²) >= 11 is 0. The molecule has 2 N–H and O–H groups in total. The number of aryl methyl sites for hydroxylation is 2. The SMILES string of the molecule is Cn1cc([C@H](NC(=O)CCc2ccccn2)C2(CO)CCC2)cn1. The van der Waals surface area contributed by atoms with Crippen molar-refractivity contribution in [3.05, 3.63) is 48.0 Å². The highest BCUT2D eigenvalue weighted by Gasteiger charge is 2.45. The Kier molecular flexibility index (Phi) is 4.94. The molecule has 0 saturated heterocycles. The van der Waals surface area contributed by atoms with Crippen LogP contribution < -0.4 is 5.32 Å². The molecule has 1 saturated carbocycles. The van der Waals surface area contributed by atoms with Gasteiger partial charge in [-0.15, -0.1) is 0 Å². The molecule has 0 bridgehead atoms. The van der Waals surface area contributed by atoms with Crippen molar-refractivity contribution in [2.24, 2.45) is 12.5 Å². The smallest absolute Gasteiger partial charge is 0.220 e. The van der Waals surface area contributed by atoms with Crippen LogP contribution in [0.1, 0.15) is 43.0 Å². The van der Waals surface area contributed by atoms with Gasteiger partial charge in [0, 0.05) is 42.5 Å². The van der Waals surface area contributed by atoms with Crippen molar-refractivity contribution in [1.29, 1.82) is 0 Å². The fourth-order valence-corrected chi connectivity index (χ4v) is 3.37. The van der Waals surface area contributed by atoms with Crippen molar-refractivity contribution in [1.82, 2.24) is 20.1 Å². The molecular weight excluding hydrogens is 304 g/mol. The summed E-state index contributed by atoms with van der Waals surface area (Å²) in [6.07, 6.45) is 9.35. The summed E-state index contributed by atoms with van der Waals surface area (Å²) in [5, 5.41) is 17.3. The van der Waals surface area contributed by atoms with E-state index in [1.165, 1.54) is 0 Å². The zero-order chi connectivity index (χ0) is 17.0. The Morgan fingerprint density at radius 3 is 2.83 bits per heavy atom. The molecular formula is C18H24N4O2. The molecule has 2 aromatic heterocycles. The average molecular weight is 328 g/mol. The van der Waals surface area contributed by atoms with Crippen LogP contribution in [-0.2, 0) is 18.3 Å². The highest BCUT2D eigenvalue weighted by molar-refractivity contribution is 5.76. The van der Waals surface area contributed by atoms with Crippen LogP contribution >= 0.6 is 0 Å². The van der Waals surface area contributed by atoms with Gasteiger partial charge in [0.15, 0.2) is 0 Å². The van der Waals surface area contributed by atoms with E-state index in [-0.39, 0.29) is 24.0 Å². The van der Waals surface area contributed by atoms with Crippen LogP contribution in [0.5, 0.6) is 0 Å². The molecule has 6 nitrogen and oxygen atoms in total. The zero-order valence-electron chi connectivity index (χ0n) is 14.0. The van der Waals surface area contributed by atoms with E-state index < -0.39 is 0 Å². The lowest BCUT2D eigenvalue weighted by atomic mass is 9.63. The molecule has 3 rings (SSSR count). The van der Waals surface area contributed by atoms with Crippen LogP contribution in [0.25, 0.3) is 0 Å². The highest BCUT2D eigenvalue weighted by atomic mass is 16.3. The first kappa shape index (κ1) is 16.6. The fourth-order valence-electron chi connectivity index (χ4n) is 3.37. The number of nitrogens with zero attached hydrogens (tertiary/aromatic N) is 3. The number of aliphatic hydroxyl groups is 1. The standard InChI is InChI=1S/C18H24N4O2/c1-22-12-14(11-20-22)17(18(13-23)8-4-9-18)21-16(24)7-6-15-5-2-3-10-19-15/h2-3,5,10-12,17,23H,4,6-9,13H2,1H3,(H,21,24)/t17-/m0/s1. The zero-order valence-corrected chi connectivity index (χ0v) is 14.0. The summed E-state index contributed by atoms with van der Waals surface area (Å²) in [5.74, 6) is -0.0192. The molecule has 1 fully saturated rings. The molecule has 2 heterocycles. The maximum Gasteiger partial charge on any atom is 0.220 e. The third-order valence-electron chi connectivity index (χ3n) is 4.97. The molecule has 128 valence electrons. The summed E-state index contributed by atoms with van der Waals surface area (Å²) in [4.78, 5) is 16.7. The molecule has 2 aromatic rings. The number of carbonyl (C=O) groups is 1. The van der Waals surface area contributed by atoms with Gasteiger partial charge in [0.2, 0.25) is 5.91 Å². The van der Waals surface area contributed by atoms with Crippen LogP contribution in [-0.4, -0.2) is 32.4 Å². The number of hydrogen-bond donors (Lipinski definition) is 2. The van der Waals surface area contributed by atoms with Crippen LogP contribution in [0.15, 0.2) is 36.8 Å². The lowest BCUT2D eigenvalue weighted by Gasteiger charge is -2.46. The molecule has 24 heavy (non-hydrogen) atoms. The normalized spacial score (nSPS) is 17.1. The van der Waals surface area contributed by atoms with Gasteiger partial charge in [-0.3, -0.25) is 14.5 Å². The Hall–Kier alpha value is -2.21. The Labute approximate surface area is 141 Å². The number of hydrogen-bond acceptors (Lipinski definition) is 4. The topological polar surface area (TPSA) is 80.0 Å². The van der Waals surface area contributed by atoms with E-state index in [0.717, 1.165) is 30.5 Å². The van der Waals surface area contributed by atoms with Gasteiger partial charge in [0.05, 0.1) is 18.8 Å². The Morgan fingerprint density at radius 2 is 2.29 bits per heavy atom. The molecule has 0 aliphatic heterocycles. The van der Waals surface area contributed by atoms with Crippen molar-refractivity contribution >= 4 is 5.91 Å². The van der Waals surface area contributed by atoms with Gasteiger partial charge in [-0.05, 0) is 31.4 Å². The van der Waals surface area contributed by atoms with E-state index in [1.807, 2.05) is 31.4 Å². The molecule has 1 aliphatic rings. The van der Waals surface area contributed by atoms with E-state index in [4.69, 9.17) is 0 Å². The summed E-state index contributed by atoms with van der Waals surface area (Å²) in [7, 11) is 1.86. The predicted molar refractivity (Wildman–Crippen MR) is 90.0 cm³/mol. The largest absolute Gasteiger partial charge is 0.396 e. The second kappa shape index (κ2) is 7.13. The van der Waals surface area contributed by atoms with E-state index in [1.54, 1.807) is 17.1 Å². The number of rotatable bonds is 7. The maximum atomic E-state index is 12.5. The Bertz CT molecular complexity index is 674. The van der Waals surface area contributed by atoms with Gasteiger partial charge in [0.25, 0.3) is 0 Å². The van der Waals surface area contributed by atoms with Crippen molar-refractivity contribution in [3.8, 4) is 0 Å². The number of nitrogens with one attached hydrogen (secondary N) is 1. The minimum Gasteiger partial charge on any atom is -0.396 e. The number of aromatic nitrogens is 3. The first-order valence-corrected chi connectivity index (χ1v) is 8.42. The quantitative estimate of drug-likeness (QED) is 0.812. The van der Waals surface area contributed by atoms with Gasteiger partial charge in [-0.25, -0.2) is 0 Å². The summed E-state index contributed by atoms with van der Waals surface area (Å²) < 4.78 is 1.73. The van der Waals surface area contributed by atoms with Gasteiger partial charge in [-0.2, -0.15) is 5.10 Å². The molecule has 1 atom stereocenters. The monoisotopic (exact) mass is 328 g/mol. The molecule has 0 radical (unpaired) electrons. The first-order valence-electron chi connectivity index (χ1n) is 8.42. The van der Waals surface area contributed by atoms with Crippen LogP contribution in [0, 0.1) is 5.41 Å². The fraction of sp³-hybridized carbons (Fsp3) is 0.500. The molecule has 6 heteroatoms. The van der Waals surface area contributed by atoms with Crippen LogP contribution in [0.3, 0.4) is 0 Å². The van der Waals surface area contributed by atoms with E-state index >= 15 is 0 Å². The van der Waals surface area contributed by atoms with Gasteiger partial charge >= 0.3 is 0 Å². The van der Waals surface area contributed by atoms with Gasteiger partial charge < -0.3 is 10.4 Å². The van der Waals surface area contributed by atoms with Gasteiger partial charge in [-0.1, -0.05) is 12.5 Å². The predicted octanol–water partition coefficient (Wildman–Crippen LogP) is 1.77. The number of amides is 1. The second-order valence-corrected chi connectivity index (χ2v) is 6.64. The third-order valence-corrected chi connectivity index (χ3v) is 4.97. The van der Waals surface area contributed by atoms with Crippen molar-refractivity contribution < 1.29 is 9.90 Å². The van der Waals surface area contributed by atoms with Crippen molar-refractivity contribution in [2.45, 2.75) is 38.1 Å². The number of aliphatic hydroxyl groups excluding tert-OH is 1. The summed E-state index contributed by atoms with van der Waals surface area (Å²) in [5.41, 5.74) is 1.60. The molecule has 1 aliphatic carbocycles. The second-order valence-electron chi connectivity index (χ2n) is 6.64. The summed E-state index contributed by atoms with van der Waals surface area (Å²) in [6.45, 7) is 0.0765. The van der Waals surface area contributed by atoms with Crippen LogP contribution in [0.2, 0.25) is 0 Å². The van der Waals surface area contributed by atoms with Gasteiger partial charge in [0.1, 0.15) is 0 Å². The highest BCUT2D eigenvalue weighted by Crippen LogP contribution is 2.49. The Morgan fingerprint density at radius 1 is 1.46 bits per heavy atom. The number of carbonyl (C=O) groups excluding carboxylic acids is 1. The molecule has 1 amide bonds. The van der Waals surface area contributed by atoms with E-state index in [2.05, 4.69) is 15.4 Å². The maximum absolute atomic E-state index is 12.5. The number of pyridine rings is 1. The molecule has 0 unspecified atom stereocenters. The average Bonchev–Trinajstić information content (AvgIpc) is 2.99. The summed E-state index contributed by atoms with van der Waals surface area (Å²) in [6, 6.07) is 5.52. The third kappa shape index (κ3) is 3.48. The molecule has 0 spiro atoms. The minimum atomic E-state index is -0.260. The lowest BCUT2D eigenvalue weighted by molar-refractivity contribution is -0.124. The first-order chi connectivity index (χ1) is 11.6. The van der Waals surface area contributed by atoms with E-state index in [0.29, 0.717) is 12.8 Å². The lowest BCUT2D eigenvalue weighted by Crippen LogP contribution is -2.47. The van der Waals surface area contributed by atoms with Crippen LogP contribution in [0.4, 0.5) is 0 Å². The Balaban J connectivity index is 1.68. The van der Waals surface area contributed by atoms with E-state index in [9.17, 15) is 9.90 Å².